The molecule has 6 nitrogen and oxygen atoms in total. The minimum Gasteiger partial charge on any atom is -0.350 e. The van der Waals surface area contributed by atoms with Gasteiger partial charge in [-0.2, -0.15) is 0 Å². The summed E-state index contributed by atoms with van der Waals surface area (Å²) in [5.41, 5.74) is 8.33. The number of primary amides is 1. The number of urea groups is 2. The number of carbonyl (C=O) groups is 2. The molecule has 0 aliphatic carbocycles. The van der Waals surface area contributed by atoms with E-state index in [1.54, 1.807) is 0 Å². The Balaban J connectivity index is 3.28. The Morgan fingerprint density at radius 3 is 2.33 bits per heavy atom. The van der Waals surface area contributed by atoms with Crippen LogP contribution in [0, 0.1) is 0 Å². The first kappa shape index (κ1) is 7.54. The largest absolute Gasteiger partial charge is 0.354 e. The first-order chi connectivity index (χ1) is 4.16. The van der Waals surface area contributed by atoms with Crippen LogP contribution in [-0.2, 0) is 0 Å². The van der Waals surface area contributed by atoms with Crippen LogP contribution in [0.25, 0.3) is 0 Å². The molecule has 6 heteroatoms. The number of nitrogens with one attached hydrogen (secondary N) is 2. The van der Waals surface area contributed by atoms with E-state index >= 15 is 0 Å². The van der Waals surface area contributed by atoms with Gasteiger partial charge in [0, 0.05) is 7.05 Å². The van der Waals surface area contributed by atoms with Crippen molar-refractivity contribution in [2.45, 2.75) is 0 Å². The van der Waals surface area contributed by atoms with E-state index in [-0.39, 0.29) is 0 Å². The second kappa shape index (κ2) is 3.53. The molecule has 0 fully saturated rings. The number of hydrogen-bond donors (Lipinski definition) is 3. The Kier molecular flexibility index (Phi) is 2.96. The highest BCUT2D eigenvalue weighted by Gasteiger charge is 1.95. The number of hydrogen-bond acceptors (Lipinski definition) is 2. The average molecular weight is 131 g/mol. The SMILES string of the molecule is C[N]C(=O)NNC(N)=O. The molecule has 0 aromatic rings. The minimum absolute atomic E-state index is 0.645. The molecule has 0 unspecified atom stereocenters. The van der Waals surface area contributed by atoms with Gasteiger partial charge >= 0.3 is 12.1 Å². The summed E-state index contributed by atoms with van der Waals surface area (Å²) in [6.45, 7) is 0. The lowest BCUT2D eigenvalue weighted by atomic mass is 11.0. The summed E-state index contributed by atoms with van der Waals surface area (Å²) in [5, 5.41) is 3.14. The maximum absolute atomic E-state index is 10.2. The third-order valence-electron chi connectivity index (χ3n) is 0.496. The molecule has 0 saturated heterocycles. The summed E-state index contributed by atoms with van der Waals surface area (Å²) in [5.74, 6) is 0. The number of nitrogens with two attached hydrogens (primary N) is 1. The maximum atomic E-state index is 10.2. The van der Waals surface area contributed by atoms with Crippen molar-refractivity contribution in [2.75, 3.05) is 7.05 Å². The van der Waals surface area contributed by atoms with E-state index in [2.05, 4.69) is 11.1 Å². The molecule has 0 atom stereocenters. The van der Waals surface area contributed by atoms with Crippen molar-refractivity contribution in [3.8, 4) is 0 Å². The molecular weight excluding hydrogens is 124 g/mol. The lowest BCUT2D eigenvalue weighted by Crippen LogP contribution is -2.46. The van der Waals surface area contributed by atoms with Crippen molar-refractivity contribution in [1.29, 1.82) is 0 Å². The molecule has 0 aliphatic rings. The monoisotopic (exact) mass is 131 g/mol. The van der Waals surface area contributed by atoms with Gasteiger partial charge in [0.2, 0.25) is 0 Å². The summed E-state index contributed by atoms with van der Waals surface area (Å²) in [6.07, 6.45) is 0. The standard InChI is InChI=1S/C3H7N4O2/c1-5-3(9)7-6-2(4)8/h1H3,(H,7,9)(H3,4,6,8). The quantitative estimate of drug-likeness (QED) is 0.349. The number of nitrogens with zero attached hydrogens (tertiary/aromatic N) is 1. The Morgan fingerprint density at radius 2 is 2.00 bits per heavy atom. The van der Waals surface area contributed by atoms with Gasteiger partial charge in [-0.3, -0.25) is 0 Å². The van der Waals surface area contributed by atoms with Crippen LogP contribution in [-0.4, -0.2) is 19.1 Å². The zero-order valence-corrected chi connectivity index (χ0v) is 4.84. The van der Waals surface area contributed by atoms with Gasteiger partial charge in [-0.1, -0.05) is 0 Å². The van der Waals surface area contributed by atoms with Gasteiger partial charge in [0.05, 0.1) is 0 Å². The molecule has 9 heavy (non-hydrogen) atoms. The Labute approximate surface area is 51.8 Å². The Bertz CT molecular complexity index is 123. The van der Waals surface area contributed by atoms with Crippen molar-refractivity contribution >= 4 is 12.1 Å². The van der Waals surface area contributed by atoms with Gasteiger partial charge in [0.25, 0.3) is 0 Å². The lowest BCUT2D eigenvalue weighted by Gasteiger charge is -1.99. The van der Waals surface area contributed by atoms with E-state index in [9.17, 15) is 9.59 Å². The van der Waals surface area contributed by atoms with E-state index in [1.807, 2.05) is 10.9 Å². The topological polar surface area (TPSA) is 98.3 Å². The molecule has 0 aliphatic heterocycles. The van der Waals surface area contributed by atoms with Crippen LogP contribution < -0.4 is 21.9 Å². The molecule has 0 aromatic heterocycles. The molecule has 4 amide bonds. The zero-order valence-electron chi connectivity index (χ0n) is 4.84. The highest BCUT2D eigenvalue weighted by molar-refractivity contribution is 5.78. The number of hydrazine groups is 1. The first-order valence-electron chi connectivity index (χ1n) is 2.12. The van der Waals surface area contributed by atoms with Crippen LogP contribution in [0.3, 0.4) is 0 Å². The first-order valence-corrected chi connectivity index (χ1v) is 2.12. The van der Waals surface area contributed by atoms with Gasteiger partial charge in [-0.25, -0.2) is 25.8 Å². The van der Waals surface area contributed by atoms with Crippen LogP contribution in [0.15, 0.2) is 0 Å². The second-order valence-corrected chi connectivity index (χ2v) is 1.14. The fourth-order valence-electron chi connectivity index (χ4n) is 0.171. The molecule has 0 aromatic carbocycles. The summed E-state index contributed by atoms with van der Waals surface area (Å²) < 4.78 is 0. The van der Waals surface area contributed by atoms with E-state index in [1.165, 1.54) is 7.05 Å². The molecular formula is C3H7N4O2. The molecule has 0 heterocycles. The van der Waals surface area contributed by atoms with Gasteiger partial charge in [0.1, 0.15) is 0 Å². The average Bonchev–Trinajstić information content (AvgIpc) is 1.83. The van der Waals surface area contributed by atoms with Gasteiger partial charge in [-0.05, 0) is 0 Å². The smallest absolute Gasteiger partial charge is 0.350 e. The van der Waals surface area contributed by atoms with Crippen molar-refractivity contribution in [2.24, 2.45) is 5.73 Å². The molecule has 1 radical (unpaired) electrons. The van der Waals surface area contributed by atoms with Crippen LogP contribution in [0.5, 0.6) is 0 Å². The van der Waals surface area contributed by atoms with Crippen LogP contribution in [0.1, 0.15) is 0 Å². The summed E-state index contributed by atoms with van der Waals surface area (Å²) in [7, 11) is 1.29. The molecule has 0 bridgehead atoms. The third-order valence-corrected chi connectivity index (χ3v) is 0.496. The zero-order chi connectivity index (χ0) is 7.28. The van der Waals surface area contributed by atoms with Gasteiger partial charge in [0.15, 0.2) is 0 Å². The van der Waals surface area contributed by atoms with Crippen molar-refractivity contribution in [3.05, 3.63) is 0 Å². The van der Waals surface area contributed by atoms with Crippen molar-refractivity contribution < 1.29 is 9.59 Å². The minimum atomic E-state index is -0.827. The maximum Gasteiger partial charge on any atom is 0.354 e. The second-order valence-electron chi connectivity index (χ2n) is 1.14. The van der Waals surface area contributed by atoms with Crippen LogP contribution in [0.4, 0.5) is 9.59 Å². The van der Waals surface area contributed by atoms with E-state index < -0.39 is 12.1 Å². The lowest BCUT2D eigenvalue weighted by molar-refractivity contribution is 0.229. The fraction of sp³-hybridized carbons (Fsp3) is 0.333. The summed E-state index contributed by atoms with van der Waals surface area (Å²) >= 11 is 0. The highest BCUT2D eigenvalue weighted by Crippen LogP contribution is 1.56. The predicted octanol–water partition coefficient (Wildman–Crippen LogP) is -1.49. The third kappa shape index (κ3) is 4.39. The molecule has 0 saturated carbocycles. The van der Waals surface area contributed by atoms with E-state index in [0.29, 0.717) is 0 Å². The molecule has 4 N–H and O–H groups in total. The number of rotatable bonds is 0. The van der Waals surface area contributed by atoms with E-state index in [0.717, 1.165) is 0 Å². The number of carbonyl (C=O) groups excluding carboxylic acids is 2. The van der Waals surface area contributed by atoms with Crippen molar-refractivity contribution in [3.63, 3.8) is 0 Å². The van der Waals surface area contributed by atoms with Crippen LogP contribution in [0.2, 0.25) is 0 Å². The van der Waals surface area contributed by atoms with Crippen LogP contribution >= 0.6 is 0 Å². The highest BCUT2D eigenvalue weighted by atomic mass is 16.2. The van der Waals surface area contributed by atoms with E-state index in [4.69, 9.17) is 0 Å². The molecule has 51 valence electrons. The molecule has 0 spiro atoms. The van der Waals surface area contributed by atoms with Gasteiger partial charge < -0.3 is 5.73 Å². The Morgan fingerprint density at radius 1 is 1.44 bits per heavy atom. The fourth-order valence-corrected chi connectivity index (χ4v) is 0.171. The summed E-state index contributed by atoms with van der Waals surface area (Å²) in [6, 6.07) is -1.47. The Hall–Kier alpha value is -1.46. The predicted molar refractivity (Wildman–Crippen MR) is 29.3 cm³/mol. The summed E-state index contributed by atoms with van der Waals surface area (Å²) in [4.78, 5) is 20.0. The normalized spacial score (nSPS) is 7.67. The number of amides is 4. The molecule has 0 rings (SSSR count). The van der Waals surface area contributed by atoms with Crippen molar-refractivity contribution in [1.82, 2.24) is 16.2 Å². The van der Waals surface area contributed by atoms with Gasteiger partial charge in [-0.15, -0.1) is 0 Å².